The first-order valence-corrected chi connectivity index (χ1v) is 61.4. The van der Waals surface area contributed by atoms with E-state index < -0.39 is 73.2 Å². The number of aromatic nitrogens is 3. The highest BCUT2D eigenvalue weighted by Gasteiger charge is 2.53. The summed E-state index contributed by atoms with van der Waals surface area (Å²) < 4.78 is 131. The van der Waals surface area contributed by atoms with Crippen molar-refractivity contribution >= 4 is 198 Å². The zero-order valence-corrected chi connectivity index (χ0v) is 96.0. The summed E-state index contributed by atoms with van der Waals surface area (Å²) in [6, 6.07) is 24.3. The smallest absolute Gasteiger partial charge is 0.253 e. The maximum Gasteiger partial charge on any atom is 0.253 e. The predicted octanol–water partition coefficient (Wildman–Crippen LogP) is 15.3. The number of fused-ring (bicyclic) bond motifs is 3. The molecule has 3 aromatic carbocycles. The van der Waals surface area contributed by atoms with Crippen LogP contribution in [0.25, 0.3) is 44.9 Å². The van der Waals surface area contributed by atoms with Gasteiger partial charge in [0.05, 0.1) is 67.1 Å². The van der Waals surface area contributed by atoms with E-state index in [0.717, 1.165) is 158 Å². The van der Waals surface area contributed by atoms with E-state index in [9.17, 15) is 58.0 Å². The van der Waals surface area contributed by atoms with Gasteiger partial charge in [-0.05, 0) is 223 Å². The molecule has 33 nitrogen and oxygen atoms in total. The number of halogens is 2. The Kier molecular flexibility index (Phi) is 44.0. The molecule has 7 N–H and O–H groups in total. The van der Waals surface area contributed by atoms with Crippen molar-refractivity contribution in [1.29, 1.82) is 0 Å². The average Bonchev–Trinajstić information content (AvgIpc) is 1.62. The van der Waals surface area contributed by atoms with Crippen LogP contribution < -0.4 is 26.6 Å². The van der Waals surface area contributed by atoms with E-state index in [1.807, 2.05) is 79.4 Å². The first-order chi connectivity index (χ1) is 70.3. The van der Waals surface area contributed by atoms with Crippen molar-refractivity contribution in [3.63, 3.8) is 0 Å². The van der Waals surface area contributed by atoms with E-state index in [0.29, 0.717) is 108 Å². The van der Waals surface area contributed by atoms with Crippen LogP contribution in [0.4, 0.5) is 0 Å². The van der Waals surface area contributed by atoms with Crippen molar-refractivity contribution in [1.82, 2.24) is 53.2 Å². The van der Waals surface area contributed by atoms with E-state index in [2.05, 4.69) is 121 Å². The number of nitrogens with zero attached hydrogens (tertiary/aromatic N) is 10. The first kappa shape index (κ1) is 122. The molecule has 150 heavy (non-hydrogen) atoms. The van der Waals surface area contributed by atoms with E-state index in [-0.39, 0.29) is 125 Å². The largest absolute Gasteiger partial charge is 0.394 e. The molecule has 0 radical (unpaired) electrons. The number of rotatable bonds is 24. The Morgan fingerprint density at radius 1 is 0.447 bits per heavy atom. The Balaban J connectivity index is 0.000000166. The van der Waals surface area contributed by atoms with E-state index in [1.54, 1.807) is 12.2 Å². The van der Waals surface area contributed by atoms with Crippen LogP contribution in [0.15, 0.2) is 153 Å². The number of hydrogen-bond donors (Lipinski definition) is 7. The second-order valence-electron chi connectivity index (χ2n) is 42.9. The second kappa shape index (κ2) is 54.3. The molecular weight excluding hydrogens is 2140 g/mol. The van der Waals surface area contributed by atoms with Crippen molar-refractivity contribution in [2.75, 3.05) is 102 Å². The fourth-order valence-electron chi connectivity index (χ4n) is 23.0. The number of amides is 4. The predicted molar refractivity (Wildman–Crippen MR) is 614 cm³/mol. The third kappa shape index (κ3) is 31.3. The summed E-state index contributed by atoms with van der Waals surface area (Å²) in [7, 11) is -8.90. The van der Waals surface area contributed by atoms with Crippen molar-refractivity contribution in [3.05, 3.63) is 144 Å². The van der Waals surface area contributed by atoms with Gasteiger partial charge < -0.3 is 69.4 Å². The first-order valence-electron chi connectivity index (χ1n) is 53.4. The zero-order valence-electron chi connectivity index (χ0n) is 87.4. The quantitative estimate of drug-likeness (QED) is 0.0219. The topological polar surface area (TPSA) is 416 Å². The second-order valence-corrected chi connectivity index (χ2v) is 52.6. The van der Waals surface area contributed by atoms with Crippen LogP contribution in [0.2, 0.25) is 0 Å². The summed E-state index contributed by atoms with van der Waals surface area (Å²) in [6.45, 7) is 22.8. The average molecular weight is 2300 g/mol. The summed E-state index contributed by atoms with van der Waals surface area (Å²) >= 11 is 3.60. The number of aliphatic imine (C=N–C) groups is 4. The Labute approximate surface area is 920 Å². The van der Waals surface area contributed by atoms with Gasteiger partial charge >= 0.3 is 0 Å². The van der Waals surface area contributed by atoms with Crippen LogP contribution in [0, 0.1) is 23.7 Å². The minimum absolute atomic E-state index is 0. The highest BCUT2D eigenvalue weighted by molar-refractivity contribution is 9.10. The summed E-state index contributed by atoms with van der Waals surface area (Å²) in [5, 5.41) is 37.6. The number of ether oxygens (including phenoxy) is 4. The number of nitrogens with one attached hydrogen (secondary N) is 5. The Morgan fingerprint density at radius 3 is 1.14 bits per heavy atom. The lowest BCUT2D eigenvalue weighted by molar-refractivity contribution is -0.139. The van der Waals surface area contributed by atoms with Crippen molar-refractivity contribution in [3.8, 4) is 0 Å². The molecule has 830 valence electrons. The molecule has 3 atom stereocenters. The number of piperidine rings is 4. The SMILES string of the molecule is C1CCOC1.C=CCS(=O)(=O)Cl.C=CCS(=O)(=O)N1CCC2(CC1)N=C(C1CCCCC1)NC2=O.CC1(C)CC[C@@H](Cn2ccc3c(Br)cccc32)O1.CC1(C)OC[C@H](Cn2ccc3c(/C=C/CS(=O)(=O)N4CCC5(CC4)N=C(C4CCCCC4)NC5=O)cccc32)O1.O=C1NC(C2CCCCC2)=NC12CCN(S(=O)(=O)C/C=C/c1cccc3c1ccn3C[C@H](O)CO)CC2.O=C1NC(C2CCCCC2)=NC12CCNCC2.S.S.S. The fourth-order valence-corrected chi connectivity index (χ4v) is 27.8. The van der Waals surface area contributed by atoms with Gasteiger partial charge in [0.15, 0.2) is 5.79 Å². The molecule has 11 aliphatic heterocycles. The molecular formula is C108H159BrClN15O18S7. The standard InChI is InChI=1S/C30H40N4O5S.C27H36N4O5S.C16H25N3O3S.C15H18BrNO.C13H21N3O.C4H8O.C3H5ClO2S.3H2S/c1-29(2)38-21-24(39-29)20-33-16-13-25-22(10-6-12-26(25)33)11-7-19-40(36,37)34-17-14-30(15-18-34)28(35)31-27(32-30)23-8-4-3-5-9-23;32-19-22(33)18-30-14-11-23-20(8-4-10-24(23)30)9-5-17-37(35,36)31-15-12-27(13-16-31)26(34)28-25(29-27)21-6-2-1-3-7-21;1-2-12-23(21,22)19-10-8-16(9-11-19)15(20)17-14(18-16)13-6-4-3-5-7-13;1-15(2)8-6-11(18-15)10-17-9-7-12-13(16)4-3-5-14(12)17;17-12-13(6-8-14-9-7-13)16-11(15-12)10-4-2-1-3-5-10;1-2-4-5-3-1;1-2-3-7(4,5)6;;;/h6-7,10-13,16,23-24H,3-5,8-9,14-15,17-21H2,1-2H3,(H,31,32,35);4-5,8-11,14,21-22,32-33H,1-3,6-7,12-13,15-19H2,(H,28,29,34);2,13H,1,3-12H2,(H,17,18,20);3-5,7,9,11H,6,8,10H2,1-2H3;10,14H,1-9H2,(H,15,16,17);1-4H2;2H,1,3H2;3*1H2/b11-7+;9-5+;;;;;;;;/t24-;22-;;11-;;;;;;/m00.0....../s1. The molecule has 42 heteroatoms. The van der Waals surface area contributed by atoms with Crippen molar-refractivity contribution in [2.24, 2.45) is 43.6 Å². The van der Waals surface area contributed by atoms with Crippen molar-refractivity contribution in [2.45, 2.75) is 305 Å². The highest BCUT2D eigenvalue weighted by atomic mass is 79.9. The number of hydrogen-bond acceptors (Lipinski definition) is 23. The number of sulfonamides is 3. The minimum Gasteiger partial charge on any atom is -0.394 e. The number of aliphatic hydroxyl groups is 2. The number of carbonyl (C=O) groups is 4. The number of amidine groups is 4. The molecule has 7 saturated heterocycles. The Bertz CT molecular complexity index is 6280. The number of aliphatic hydroxyl groups excluding tert-OH is 2. The molecule has 15 aliphatic rings. The normalized spacial score (nSPS) is 23.7. The van der Waals surface area contributed by atoms with Crippen LogP contribution in [-0.2, 0) is 96.9 Å². The van der Waals surface area contributed by atoms with Gasteiger partial charge in [0.1, 0.15) is 51.6 Å². The monoisotopic (exact) mass is 2290 g/mol. The van der Waals surface area contributed by atoms with Gasteiger partial charge in [0.2, 0.25) is 39.1 Å². The van der Waals surface area contributed by atoms with Crippen LogP contribution in [-0.4, -0.2) is 271 Å². The maximum atomic E-state index is 13.2. The van der Waals surface area contributed by atoms with Crippen LogP contribution in [0.1, 0.15) is 244 Å². The molecule has 4 amide bonds. The van der Waals surface area contributed by atoms with Gasteiger partial charge in [-0.15, -0.1) is 13.2 Å². The minimum atomic E-state index is -3.52. The fraction of sp³-hybridized carbons (Fsp3) is 0.630. The van der Waals surface area contributed by atoms with Crippen LogP contribution in [0.3, 0.4) is 0 Å². The van der Waals surface area contributed by atoms with Gasteiger partial charge in [-0.3, -0.25) is 39.1 Å². The molecule has 3 aromatic heterocycles. The van der Waals surface area contributed by atoms with Crippen LogP contribution >= 0.6 is 67.1 Å². The van der Waals surface area contributed by atoms with Gasteiger partial charge in [0, 0.05) is 149 Å². The summed E-state index contributed by atoms with van der Waals surface area (Å²) in [6.07, 6.45) is 48.0. The summed E-state index contributed by atoms with van der Waals surface area (Å²) in [4.78, 5) is 69.7. The molecule has 0 unspecified atom stereocenters. The van der Waals surface area contributed by atoms with Gasteiger partial charge in [-0.25, -0.2) is 46.6 Å². The van der Waals surface area contributed by atoms with Gasteiger partial charge in [0.25, 0.3) is 23.6 Å². The van der Waals surface area contributed by atoms with Gasteiger partial charge in [-0.2, -0.15) is 40.5 Å². The zero-order chi connectivity index (χ0) is 104. The number of carbonyl (C=O) groups excluding carboxylic acids is 4. The Morgan fingerprint density at radius 2 is 0.800 bits per heavy atom. The molecule has 21 rings (SSSR count). The lowest BCUT2D eigenvalue weighted by Gasteiger charge is -2.34. The van der Waals surface area contributed by atoms with Gasteiger partial charge in [-0.1, -0.05) is 160 Å². The van der Waals surface area contributed by atoms with E-state index >= 15 is 0 Å². The third-order valence-electron chi connectivity index (χ3n) is 31.4. The lowest BCUT2D eigenvalue weighted by atomic mass is 9.88. The Hall–Kier alpha value is -6.98. The van der Waals surface area contributed by atoms with Crippen LogP contribution in [0.5, 0.6) is 0 Å². The summed E-state index contributed by atoms with van der Waals surface area (Å²) in [5.41, 5.74) is 2.38. The molecule has 6 aromatic rings. The highest BCUT2D eigenvalue weighted by Crippen LogP contribution is 2.42. The molecule has 4 aliphatic carbocycles. The molecule has 11 fully saturated rings. The lowest BCUT2D eigenvalue weighted by Crippen LogP contribution is -2.50. The van der Waals surface area contributed by atoms with Crippen molar-refractivity contribution < 1.29 is 82.0 Å². The maximum absolute atomic E-state index is 13.2. The molecule has 4 saturated carbocycles. The summed E-state index contributed by atoms with van der Waals surface area (Å²) in [5.74, 6) is 4.05. The van der Waals surface area contributed by atoms with E-state index in [4.69, 9.17) is 54.7 Å². The molecule has 14 heterocycles. The molecule has 0 bridgehead atoms. The number of benzene rings is 3. The third-order valence-corrected chi connectivity index (χ3v) is 38.4. The molecule has 4 spiro atoms. The van der Waals surface area contributed by atoms with E-state index in [1.165, 1.54) is 139 Å².